The zero-order chi connectivity index (χ0) is 20.4. The van der Waals surface area contributed by atoms with Gasteiger partial charge >= 0.3 is 0 Å². The van der Waals surface area contributed by atoms with Gasteiger partial charge in [-0.1, -0.05) is 6.07 Å². The van der Waals surface area contributed by atoms with Crippen molar-refractivity contribution >= 4 is 11.8 Å². The van der Waals surface area contributed by atoms with Crippen LogP contribution in [0.4, 0.5) is 8.78 Å². The Morgan fingerprint density at radius 1 is 1.21 bits per heavy atom. The van der Waals surface area contributed by atoms with Crippen molar-refractivity contribution in [3.8, 4) is 0 Å². The van der Waals surface area contributed by atoms with Crippen LogP contribution in [0, 0.1) is 11.6 Å². The summed E-state index contributed by atoms with van der Waals surface area (Å²) < 4.78 is 28.9. The van der Waals surface area contributed by atoms with Crippen molar-refractivity contribution in [2.75, 3.05) is 0 Å². The number of benzene rings is 1. The van der Waals surface area contributed by atoms with E-state index in [0.717, 1.165) is 23.8 Å². The third kappa shape index (κ3) is 3.87. The minimum Gasteiger partial charge on any atom is -0.350 e. The molecule has 0 saturated heterocycles. The summed E-state index contributed by atoms with van der Waals surface area (Å²) in [7, 11) is 0. The fourth-order valence-corrected chi connectivity index (χ4v) is 3.41. The quantitative estimate of drug-likeness (QED) is 0.721. The summed E-state index contributed by atoms with van der Waals surface area (Å²) in [4.78, 5) is 31.4. The van der Waals surface area contributed by atoms with Gasteiger partial charge in [-0.2, -0.15) is 0 Å². The molecule has 0 spiro atoms. The molecular weight excluding hydrogens is 378 g/mol. The fraction of sp³-hybridized carbons (Fsp3) is 0.190. The van der Waals surface area contributed by atoms with Gasteiger partial charge in [0, 0.05) is 37.2 Å². The Balaban J connectivity index is 1.56. The van der Waals surface area contributed by atoms with E-state index in [1.165, 1.54) is 4.90 Å². The molecule has 29 heavy (non-hydrogen) atoms. The number of nitrogens with zero attached hydrogens (tertiary/aromatic N) is 3. The minimum absolute atomic E-state index is 0.0425. The molecule has 1 atom stereocenters. The van der Waals surface area contributed by atoms with E-state index in [-0.39, 0.29) is 31.1 Å². The maximum atomic E-state index is 13.9. The molecule has 8 heteroatoms. The van der Waals surface area contributed by atoms with E-state index in [0.29, 0.717) is 5.69 Å². The summed E-state index contributed by atoms with van der Waals surface area (Å²) in [6.45, 7) is 0.308. The lowest BCUT2D eigenvalue weighted by Crippen LogP contribution is -2.54. The van der Waals surface area contributed by atoms with Crippen LogP contribution in [0.2, 0.25) is 0 Å². The number of amides is 2. The number of halogens is 2. The summed E-state index contributed by atoms with van der Waals surface area (Å²) in [5.74, 6) is -1.91. The number of carbonyl (C=O) groups excluding carboxylic acids is 2. The van der Waals surface area contributed by atoms with Gasteiger partial charge in [0.15, 0.2) is 0 Å². The Morgan fingerprint density at radius 3 is 2.86 bits per heavy atom. The Morgan fingerprint density at radius 2 is 2.07 bits per heavy atom. The van der Waals surface area contributed by atoms with Crippen LogP contribution in [0.1, 0.15) is 21.6 Å². The highest BCUT2D eigenvalue weighted by Gasteiger charge is 2.36. The van der Waals surface area contributed by atoms with Crippen LogP contribution in [0.25, 0.3) is 0 Å². The highest BCUT2D eigenvalue weighted by molar-refractivity contribution is 5.97. The van der Waals surface area contributed by atoms with Gasteiger partial charge in [-0.15, -0.1) is 0 Å². The molecule has 0 bridgehead atoms. The van der Waals surface area contributed by atoms with E-state index in [1.807, 2.05) is 6.07 Å². The van der Waals surface area contributed by atoms with Crippen LogP contribution < -0.4 is 5.32 Å². The third-order valence-electron chi connectivity index (χ3n) is 4.89. The van der Waals surface area contributed by atoms with E-state index in [4.69, 9.17) is 0 Å². The second-order valence-corrected chi connectivity index (χ2v) is 6.81. The summed E-state index contributed by atoms with van der Waals surface area (Å²) in [6.07, 6.45) is 5.00. The maximum absolute atomic E-state index is 13.9. The van der Waals surface area contributed by atoms with Crippen molar-refractivity contribution in [1.29, 1.82) is 0 Å². The van der Waals surface area contributed by atoms with Gasteiger partial charge in [0.2, 0.25) is 5.91 Å². The Kier molecular flexibility index (Phi) is 5.07. The van der Waals surface area contributed by atoms with Gasteiger partial charge in [0.25, 0.3) is 5.91 Å². The zero-order valence-corrected chi connectivity index (χ0v) is 15.4. The average Bonchev–Trinajstić information content (AvgIpc) is 3.20. The SMILES string of the molecule is O=C(NCc1cc(F)ccc1F)C1Cn2cccc2C(=O)N1Cc1cccnc1. The molecule has 1 aromatic carbocycles. The second kappa shape index (κ2) is 7.83. The minimum atomic E-state index is -0.792. The van der Waals surface area contributed by atoms with Crippen LogP contribution >= 0.6 is 0 Å². The number of pyridine rings is 1. The molecule has 0 fully saturated rings. The number of fused-ring (bicyclic) bond motifs is 1. The largest absolute Gasteiger partial charge is 0.350 e. The molecule has 148 valence electrons. The van der Waals surface area contributed by atoms with Crippen LogP contribution in [0.5, 0.6) is 0 Å². The van der Waals surface area contributed by atoms with Gasteiger partial charge in [-0.3, -0.25) is 14.6 Å². The molecule has 1 unspecified atom stereocenters. The lowest BCUT2D eigenvalue weighted by Gasteiger charge is -2.35. The van der Waals surface area contributed by atoms with Gasteiger partial charge in [-0.25, -0.2) is 8.78 Å². The molecule has 2 aromatic heterocycles. The molecule has 4 rings (SSSR count). The topological polar surface area (TPSA) is 67.2 Å². The van der Waals surface area contributed by atoms with Crippen LogP contribution in [0.3, 0.4) is 0 Å². The van der Waals surface area contributed by atoms with E-state index in [1.54, 1.807) is 41.4 Å². The molecule has 0 saturated carbocycles. The second-order valence-electron chi connectivity index (χ2n) is 6.81. The van der Waals surface area contributed by atoms with Crippen LogP contribution in [-0.2, 0) is 24.4 Å². The fourth-order valence-electron chi connectivity index (χ4n) is 3.41. The Labute approximate surface area is 165 Å². The summed E-state index contributed by atoms with van der Waals surface area (Å²) in [6, 6.07) is 9.32. The van der Waals surface area contributed by atoms with Crippen molar-refractivity contribution < 1.29 is 18.4 Å². The molecule has 0 aliphatic carbocycles. The van der Waals surface area contributed by atoms with E-state index in [9.17, 15) is 18.4 Å². The first kappa shape index (κ1) is 18.8. The summed E-state index contributed by atoms with van der Waals surface area (Å²) >= 11 is 0. The number of aromatic nitrogens is 2. The number of carbonyl (C=O) groups is 2. The number of hydrogen-bond acceptors (Lipinski definition) is 3. The molecule has 3 heterocycles. The van der Waals surface area contributed by atoms with Crippen LogP contribution in [0.15, 0.2) is 61.1 Å². The van der Waals surface area contributed by atoms with E-state index >= 15 is 0 Å². The van der Waals surface area contributed by atoms with Crippen molar-refractivity contribution in [3.05, 3.63) is 89.5 Å². The maximum Gasteiger partial charge on any atom is 0.271 e. The standard InChI is InChI=1S/C21H18F2N4O2/c22-16-5-6-17(23)15(9-16)11-25-20(28)19-13-26-8-2-4-18(26)21(29)27(19)12-14-3-1-7-24-10-14/h1-10,19H,11-13H2,(H,25,28). The zero-order valence-electron chi connectivity index (χ0n) is 15.4. The normalized spacial score (nSPS) is 15.9. The molecule has 1 N–H and O–H groups in total. The molecule has 0 radical (unpaired) electrons. The van der Waals surface area contributed by atoms with E-state index in [2.05, 4.69) is 10.3 Å². The monoisotopic (exact) mass is 396 g/mol. The van der Waals surface area contributed by atoms with Gasteiger partial charge in [-0.05, 0) is 42.0 Å². The molecule has 2 amide bonds. The lowest BCUT2D eigenvalue weighted by atomic mass is 10.1. The van der Waals surface area contributed by atoms with Crippen molar-refractivity contribution in [2.24, 2.45) is 0 Å². The number of nitrogens with one attached hydrogen (secondary N) is 1. The van der Waals surface area contributed by atoms with Gasteiger partial charge in [0.1, 0.15) is 23.4 Å². The van der Waals surface area contributed by atoms with Crippen molar-refractivity contribution in [3.63, 3.8) is 0 Å². The van der Waals surface area contributed by atoms with Crippen molar-refractivity contribution in [1.82, 2.24) is 19.8 Å². The van der Waals surface area contributed by atoms with E-state index < -0.39 is 23.6 Å². The molecule has 1 aliphatic heterocycles. The van der Waals surface area contributed by atoms with Crippen LogP contribution in [-0.4, -0.2) is 32.3 Å². The smallest absolute Gasteiger partial charge is 0.271 e. The highest BCUT2D eigenvalue weighted by atomic mass is 19.1. The Bertz CT molecular complexity index is 1050. The predicted molar refractivity (Wildman–Crippen MR) is 101 cm³/mol. The summed E-state index contributed by atoms with van der Waals surface area (Å²) in [5, 5.41) is 2.63. The number of hydrogen-bond donors (Lipinski definition) is 1. The molecular formula is C21H18F2N4O2. The first-order valence-corrected chi connectivity index (χ1v) is 9.09. The predicted octanol–water partition coefficient (Wildman–Crippen LogP) is 2.50. The first-order chi connectivity index (χ1) is 14.0. The summed E-state index contributed by atoms with van der Waals surface area (Å²) in [5.41, 5.74) is 1.32. The first-order valence-electron chi connectivity index (χ1n) is 9.09. The average molecular weight is 396 g/mol. The number of rotatable bonds is 5. The van der Waals surface area contributed by atoms with Gasteiger partial charge < -0.3 is 14.8 Å². The molecule has 1 aliphatic rings. The lowest BCUT2D eigenvalue weighted by molar-refractivity contribution is -0.126. The van der Waals surface area contributed by atoms with Crippen molar-refractivity contribution in [2.45, 2.75) is 25.7 Å². The molecule has 6 nitrogen and oxygen atoms in total. The van der Waals surface area contributed by atoms with Gasteiger partial charge in [0.05, 0.1) is 6.54 Å². The third-order valence-corrected chi connectivity index (χ3v) is 4.89. The Hall–Kier alpha value is -3.55. The molecule has 3 aromatic rings. The highest BCUT2D eigenvalue weighted by Crippen LogP contribution is 2.21.